The van der Waals surface area contributed by atoms with Crippen LogP contribution in [0, 0.1) is 27.7 Å². The third kappa shape index (κ3) is 6.10. The number of aryl methyl sites for hydroxylation is 4. The van der Waals surface area contributed by atoms with E-state index in [4.69, 9.17) is 13.9 Å². The summed E-state index contributed by atoms with van der Waals surface area (Å²) in [7, 11) is 0. The quantitative estimate of drug-likeness (QED) is 0.163. The molecule has 0 fully saturated rings. The first-order valence-electron chi connectivity index (χ1n) is 21.5. The maximum atomic E-state index is 7.27. The summed E-state index contributed by atoms with van der Waals surface area (Å²) in [6, 6.07) is 25.8. The summed E-state index contributed by atoms with van der Waals surface area (Å²) in [5.41, 5.74) is 20.4. The van der Waals surface area contributed by atoms with Crippen molar-refractivity contribution in [3.63, 3.8) is 0 Å². The van der Waals surface area contributed by atoms with Gasteiger partial charge < -0.3 is 18.8 Å². The molecule has 5 aromatic carbocycles. The molecule has 0 unspecified atom stereocenters. The van der Waals surface area contributed by atoms with E-state index in [2.05, 4.69) is 187 Å². The molecule has 1 aromatic heterocycles. The van der Waals surface area contributed by atoms with Crippen molar-refractivity contribution in [1.29, 1.82) is 0 Å². The van der Waals surface area contributed by atoms with Gasteiger partial charge in [-0.25, -0.2) is 0 Å². The van der Waals surface area contributed by atoms with E-state index in [1.165, 1.54) is 78.0 Å². The summed E-state index contributed by atoms with van der Waals surface area (Å²) in [6.07, 6.45) is 0. The van der Waals surface area contributed by atoms with Gasteiger partial charge in [-0.15, -0.1) is 0 Å². The number of fused-ring (bicyclic) bond motifs is 7. The zero-order valence-electron chi connectivity index (χ0n) is 38.3. The van der Waals surface area contributed by atoms with Gasteiger partial charge in [0.2, 0.25) is 12.7 Å². The first-order chi connectivity index (χ1) is 27.4. The van der Waals surface area contributed by atoms with Gasteiger partial charge >= 0.3 is 0 Å². The smallest absolute Gasteiger partial charge is 0.257 e. The van der Waals surface area contributed by atoms with Crippen LogP contribution in [0.25, 0.3) is 11.0 Å². The molecule has 3 aliphatic rings. The van der Waals surface area contributed by atoms with Crippen LogP contribution in [0.1, 0.15) is 128 Å². The maximum absolute atomic E-state index is 7.27. The number of nitrogens with zero attached hydrogens (tertiary/aromatic N) is 2. The Morgan fingerprint density at radius 2 is 0.932 bits per heavy atom. The number of rotatable bonds is 2. The third-order valence-corrected chi connectivity index (χ3v) is 13.1. The Hall–Kier alpha value is -5.10. The van der Waals surface area contributed by atoms with E-state index in [9.17, 15) is 0 Å². The van der Waals surface area contributed by atoms with Gasteiger partial charge in [0.25, 0.3) is 6.71 Å². The van der Waals surface area contributed by atoms with Gasteiger partial charge in [-0.1, -0.05) is 113 Å². The van der Waals surface area contributed by atoms with E-state index in [0.29, 0.717) is 0 Å². The first kappa shape index (κ1) is 39.4. The summed E-state index contributed by atoms with van der Waals surface area (Å²) in [6.45, 7) is 36.8. The molecule has 0 spiro atoms. The second-order valence-corrected chi connectivity index (χ2v) is 21.7. The van der Waals surface area contributed by atoms with E-state index in [0.717, 1.165) is 39.7 Å². The first-order valence-corrected chi connectivity index (χ1v) is 21.5. The highest BCUT2D eigenvalue weighted by molar-refractivity contribution is 7.01. The van der Waals surface area contributed by atoms with Gasteiger partial charge in [0, 0.05) is 34.0 Å². The fourth-order valence-corrected chi connectivity index (χ4v) is 9.75. The lowest BCUT2D eigenvalue weighted by atomic mass is 9.33. The van der Waals surface area contributed by atoms with Crippen molar-refractivity contribution in [2.24, 2.45) is 0 Å². The standard InChI is InChI=1S/C53H61BN2O3/c1-29-19-34(51(8,9)10)20-30(2)47(29)55-39-27-44-43(57-28-58-44)26-38(39)54-45-37-23-33(50(5,6)7)17-18-42(37)59-49(45)56(41-25-36(53(14,15)16)24-40(55)46(41)54)48-31(3)21-35(22-32(48)4)52(11,12)13/h17-27H,28H2,1-16H3. The zero-order chi connectivity index (χ0) is 42.5. The summed E-state index contributed by atoms with van der Waals surface area (Å²) in [5, 5.41) is 1.15. The SMILES string of the molecule is Cc1cc(C(C)(C)C)cc(C)c1N1c2cc3c(cc2B2c4c1cc(C(C)(C)C)cc4N(c1c(C)cc(C(C)(C)C)cc1C)c1oc4ccc(C(C)(C)C)cc4c12)OCO3. The van der Waals surface area contributed by atoms with Gasteiger partial charge in [0.05, 0.1) is 11.4 Å². The summed E-state index contributed by atoms with van der Waals surface area (Å²) in [5.74, 6) is 2.45. The molecule has 3 aliphatic heterocycles. The van der Waals surface area contributed by atoms with E-state index in [1.807, 2.05) is 0 Å². The third-order valence-electron chi connectivity index (χ3n) is 13.1. The Kier molecular flexibility index (Phi) is 8.48. The minimum Gasteiger partial charge on any atom is -0.454 e. The number of hydrogen-bond acceptors (Lipinski definition) is 5. The average Bonchev–Trinajstić information content (AvgIpc) is 3.74. The van der Waals surface area contributed by atoms with Crippen LogP contribution in [0.5, 0.6) is 11.5 Å². The molecule has 0 radical (unpaired) electrons. The molecule has 6 aromatic rings. The summed E-state index contributed by atoms with van der Waals surface area (Å²) in [4.78, 5) is 5.03. The molecule has 0 saturated heterocycles. The van der Waals surface area contributed by atoms with Crippen LogP contribution >= 0.6 is 0 Å². The molecule has 0 amide bonds. The van der Waals surface area contributed by atoms with Gasteiger partial charge in [0.1, 0.15) is 5.58 Å². The van der Waals surface area contributed by atoms with E-state index < -0.39 is 0 Å². The van der Waals surface area contributed by atoms with Crippen LogP contribution in [-0.2, 0) is 21.7 Å². The van der Waals surface area contributed by atoms with Crippen molar-refractivity contribution in [1.82, 2.24) is 0 Å². The Bertz CT molecular complexity index is 2700. The highest BCUT2D eigenvalue weighted by atomic mass is 16.7. The normalized spacial score (nSPS) is 14.9. The predicted molar refractivity (Wildman–Crippen MR) is 250 cm³/mol. The van der Waals surface area contributed by atoms with Gasteiger partial charge in [-0.3, -0.25) is 4.90 Å². The Balaban J connectivity index is 1.47. The second kappa shape index (κ2) is 12.7. The van der Waals surface area contributed by atoms with Crippen LogP contribution in [0.4, 0.5) is 34.3 Å². The van der Waals surface area contributed by atoms with Crippen LogP contribution in [-0.4, -0.2) is 13.5 Å². The fourth-order valence-electron chi connectivity index (χ4n) is 9.75. The second-order valence-electron chi connectivity index (χ2n) is 21.7. The molecular formula is C53H61BN2O3. The minimum absolute atomic E-state index is 0.00868. The molecule has 6 heteroatoms. The van der Waals surface area contributed by atoms with Crippen LogP contribution in [0.3, 0.4) is 0 Å². The van der Waals surface area contributed by atoms with Crippen LogP contribution < -0.4 is 35.7 Å². The van der Waals surface area contributed by atoms with E-state index >= 15 is 0 Å². The number of benzene rings is 5. The monoisotopic (exact) mass is 784 g/mol. The zero-order valence-corrected chi connectivity index (χ0v) is 38.3. The van der Waals surface area contributed by atoms with Gasteiger partial charge in [-0.05, 0) is 135 Å². The Morgan fingerprint density at radius 3 is 1.44 bits per heavy atom. The highest BCUT2D eigenvalue weighted by Crippen LogP contribution is 2.52. The van der Waals surface area contributed by atoms with Crippen molar-refractivity contribution in [2.75, 3.05) is 16.6 Å². The number of furan rings is 1. The lowest BCUT2D eigenvalue weighted by Gasteiger charge is -2.44. The maximum Gasteiger partial charge on any atom is 0.257 e. The molecule has 0 aliphatic carbocycles. The van der Waals surface area contributed by atoms with Crippen LogP contribution in [0.2, 0.25) is 0 Å². The van der Waals surface area contributed by atoms with Gasteiger partial charge in [0.15, 0.2) is 11.5 Å². The van der Waals surface area contributed by atoms with E-state index in [-0.39, 0.29) is 35.2 Å². The Morgan fingerprint density at radius 1 is 0.475 bits per heavy atom. The van der Waals surface area contributed by atoms with Crippen molar-refractivity contribution >= 4 is 68.4 Å². The van der Waals surface area contributed by atoms with Crippen molar-refractivity contribution < 1.29 is 13.9 Å². The molecule has 59 heavy (non-hydrogen) atoms. The lowest BCUT2D eigenvalue weighted by molar-refractivity contribution is 0.174. The fraction of sp³-hybridized carbons (Fsp3) is 0.396. The minimum atomic E-state index is -0.149. The number of hydrogen-bond donors (Lipinski definition) is 0. The number of ether oxygens (including phenoxy) is 2. The topological polar surface area (TPSA) is 38.1 Å². The molecule has 4 heterocycles. The molecular weight excluding hydrogens is 723 g/mol. The molecule has 0 saturated carbocycles. The molecule has 304 valence electrons. The molecule has 9 rings (SSSR count). The van der Waals surface area contributed by atoms with E-state index in [1.54, 1.807) is 0 Å². The molecule has 0 atom stereocenters. The molecule has 0 N–H and O–H groups in total. The highest BCUT2D eigenvalue weighted by Gasteiger charge is 2.48. The largest absolute Gasteiger partial charge is 0.454 e. The lowest BCUT2D eigenvalue weighted by Crippen LogP contribution is -2.61. The predicted octanol–water partition coefficient (Wildman–Crippen LogP) is 12.7. The van der Waals surface area contributed by atoms with Crippen molar-refractivity contribution in [3.8, 4) is 11.5 Å². The van der Waals surface area contributed by atoms with Gasteiger partial charge in [-0.2, -0.15) is 0 Å². The van der Waals surface area contributed by atoms with Crippen LogP contribution in [0.15, 0.2) is 71.1 Å². The number of anilines is 6. The van der Waals surface area contributed by atoms with Crippen molar-refractivity contribution in [2.45, 2.75) is 132 Å². The molecule has 0 bridgehead atoms. The summed E-state index contributed by atoms with van der Waals surface area (Å²) < 4.78 is 19.7. The average molecular weight is 785 g/mol. The van der Waals surface area contributed by atoms with Crippen molar-refractivity contribution in [3.05, 3.63) is 111 Å². The Labute approximate surface area is 352 Å². The molecule has 5 nitrogen and oxygen atoms in total. The summed E-state index contributed by atoms with van der Waals surface area (Å²) >= 11 is 0.